The average Bonchev–Trinajstić information content (AvgIpc) is 3.09. The monoisotopic (exact) mass is 416 g/mol. The number of rotatable bonds is 10. The second-order valence-electron chi connectivity index (χ2n) is 6.60. The highest BCUT2D eigenvalue weighted by Gasteiger charge is 2.31. The van der Waals surface area contributed by atoms with E-state index in [1.807, 2.05) is 6.92 Å². The fourth-order valence-electron chi connectivity index (χ4n) is 3.10. The van der Waals surface area contributed by atoms with Gasteiger partial charge in [0.15, 0.2) is 0 Å². The number of aromatic nitrogens is 1. The van der Waals surface area contributed by atoms with Crippen molar-refractivity contribution < 1.29 is 28.6 Å². The molecule has 0 atom stereocenters. The highest BCUT2D eigenvalue weighted by molar-refractivity contribution is 6.44. The smallest absolute Gasteiger partial charge is 0.340 e. The Kier molecular flexibility index (Phi) is 8.03. The molecule has 0 saturated heterocycles. The lowest BCUT2D eigenvalue weighted by Gasteiger charge is -2.13. The van der Waals surface area contributed by atoms with Crippen LogP contribution in [0.2, 0.25) is 0 Å². The Hall–Kier alpha value is -3.29. The van der Waals surface area contributed by atoms with Crippen molar-refractivity contribution in [1.29, 1.82) is 0 Å². The maximum atomic E-state index is 13.0. The van der Waals surface area contributed by atoms with Gasteiger partial charge in [0.25, 0.3) is 11.7 Å². The molecule has 0 bridgehead atoms. The van der Waals surface area contributed by atoms with Gasteiger partial charge in [-0.2, -0.15) is 0 Å². The summed E-state index contributed by atoms with van der Waals surface area (Å²) in [5.74, 6) is -1.20. The van der Waals surface area contributed by atoms with Gasteiger partial charge < -0.3 is 24.5 Å². The van der Waals surface area contributed by atoms with Gasteiger partial charge in [0, 0.05) is 23.4 Å². The van der Waals surface area contributed by atoms with Gasteiger partial charge in [-0.3, -0.25) is 9.59 Å². The number of methoxy groups -OCH3 is 2. The fraction of sp³-hybridized carbons (Fsp3) is 0.409. The standard InChI is InChI=1S/C22H28N2O6/c1-6-8-11-23-21(26)20(25)19-18(17(13(3)24-19)22(27)30-7-2)15-12-14(28-4)9-10-16(15)29-5/h9-10,12,24H,6-8,11H2,1-5H3,(H,23,26). The number of ketones is 1. The Bertz CT molecular complexity index is 932. The molecule has 162 valence electrons. The van der Waals surface area contributed by atoms with Crippen molar-refractivity contribution in [3.8, 4) is 22.6 Å². The summed E-state index contributed by atoms with van der Waals surface area (Å²) in [5, 5.41) is 2.61. The molecule has 0 fully saturated rings. The van der Waals surface area contributed by atoms with Crippen molar-refractivity contribution in [2.45, 2.75) is 33.6 Å². The summed E-state index contributed by atoms with van der Waals surface area (Å²) in [6.45, 7) is 5.89. The van der Waals surface area contributed by atoms with E-state index in [0.717, 1.165) is 12.8 Å². The molecule has 0 unspecified atom stereocenters. The number of carbonyl (C=O) groups is 3. The zero-order valence-electron chi connectivity index (χ0n) is 18.0. The minimum Gasteiger partial charge on any atom is -0.497 e. The highest BCUT2D eigenvalue weighted by atomic mass is 16.5. The highest BCUT2D eigenvalue weighted by Crippen LogP contribution is 2.39. The van der Waals surface area contributed by atoms with Gasteiger partial charge in [0.2, 0.25) is 0 Å². The summed E-state index contributed by atoms with van der Waals surface area (Å²) in [6.07, 6.45) is 1.64. The molecule has 2 N–H and O–H groups in total. The van der Waals surface area contributed by atoms with E-state index in [2.05, 4.69) is 10.3 Å². The van der Waals surface area contributed by atoms with Crippen LogP contribution in [-0.2, 0) is 9.53 Å². The Morgan fingerprint density at radius 1 is 1.10 bits per heavy atom. The van der Waals surface area contributed by atoms with E-state index in [4.69, 9.17) is 14.2 Å². The molecule has 1 aromatic carbocycles. The third-order valence-corrected chi connectivity index (χ3v) is 4.59. The van der Waals surface area contributed by atoms with Crippen LogP contribution in [0.15, 0.2) is 18.2 Å². The van der Waals surface area contributed by atoms with Crippen LogP contribution < -0.4 is 14.8 Å². The summed E-state index contributed by atoms with van der Waals surface area (Å²) < 4.78 is 15.9. The topological polar surface area (TPSA) is 107 Å². The van der Waals surface area contributed by atoms with Gasteiger partial charge >= 0.3 is 5.97 Å². The number of ether oxygens (including phenoxy) is 3. The Morgan fingerprint density at radius 3 is 2.43 bits per heavy atom. The van der Waals surface area contributed by atoms with Crippen LogP contribution in [0.5, 0.6) is 11.5 Å². The minimum atomic E-state index is -0.773. The third kappa shape index (κ3) is 4.82. The molecule has 0 aliphatic rings. The summed E-state index contributed by atoms with van der Waals surface area (Å²) in [6, 6.07) is 5.02. The predicted molar refractivity (Wildman–Crippen MR) is 112 cm³/mol. The average molecular weight is 416 g/mol. The number of esters is 1. The first-order valence-corrected chi connectivity index (χ1v) is 9.84. The van der Waals surface area contributed by atoms with Gasteiger partial charge in [-0.1, -0.05) is 13.3 Å². The summed E-state index contributed by atoms with van der Waals surface area (Å²) >= 11 is 0. The number of carbonyl (C=O) groups excluding carboxylic acids is 3. The lowest BCUT2D eigenvalue weighted by Crippen LogP contribution is -2.32. The number of amides is 1. The Labute approximate surface area is 175 Å². The SMILES string of the molecule is CCCCNC(=O)C(=O)c1[nH]c(C)c(C(=O)OCC)c1-c1cc(OC)ccc1OC. The van der Waals surface area contributed by atoms with Crippen molar-refractivity contribution in [3.05, 3.63) is 35.2 Å². The van der Waals surface area contributed by atoms with Crippen LogP contribution in [0.3, 0.4) is 0 Å². The Morgan fingerprint density at radius 2 is 1.83 bits per heavy atom. The number of aryl methyl sites for hydroxylation is 1. The molecule has 1 heterocycles. The van der Waals surface area contributed by atoms with E-state index in [0.29, 0.717) is 29.3 Å². The van der Waals surface area contributed by atoms with E-state index < -0.39 is 17.7 Å². The van der Waals surface area contributed by atoms with E-state index in [-0.39, 0.29) is 23.4 Å². The van der Waals surface area contributed by atoms with Crippen LogP contribution in [0.25, 0.3) is 11.1 Å². The number of nitrogens with one attached hydrogen (secondary N) is 2. The van der Waals surface area contributed by atoms with Gasteiger partial charge in [0.1, 0.15) is 17.2 Å². The second-order valence-corrected chi connectivity index (χ2v) is 6.60. The molecular formula is C22H28N2O6. The predicted octanol–water partition coefficient (Wildman–Crippen LogP) is 3.28. The fourth-order valence-corrected chi connectivity index (χ4v) is 3.10. The lowest BCUT2D eigenvalue weighted by atomic mass is 9.97. The van der Waals surface area contributed by atoms with Crippen LogP contribution in [-0.4, -0.2) is 50.0 Å². The molecule has 2 rings (SSSR count). The van der Waals surface area contributed by atoms with Crippen LogP contribution in [0, 0.1) is 6.92 Å². The summed E-state index contributed by atoms with van der Waals surface area (Å²) in [7, 11) is 2.99. The first-order chi connectivity index (χ1) is 14.4. The maximum absolute atomic E-state index is 13.0. The first kappa shape index (κ1) is 23.0. The quantitative estimate of drug-likeness (QED) is 0.266. The second kappa shape index (κ2) is 10.5. The zero-order valence-corrected chi connectivity index (χ0v) is 18.0. The molecule has 0 radical (unpaired) electrons. The minimum absolute atomic E-state index is 0.00361. The van der Waals surface area contributed by atoms with Crippen molar-refractivity contribution in [3.63, 3.8) is 0 Å². The molecule has 0 aliphatic heterocycles. The molecule has 0 aliphatic carbocycles. The molecule has 1 amide bonds. The van der Waals surface area contributed by atoms with Crippen LogP contribution >= 0.6 is 0 Å². The van der Waals surface area contributed by atoms with Crippen LogP contribution in [0.1, 0.15) is 53.2 Å². The first-order valence-electron chi connectivity index (χ1n) is 9.84. The molecular weight excluding hydrogens is 388 g/mol. The van der Waals surface area contributed by atoms with E-state index >= 15 is 0 Å². The largest absolute Gasteiger partial charge is 0.497 e. The normalized spacial score (nSPS) is 10.4. The van der Waals surface area contributed by atoms with Crippen molar-refractivity contribution in [2.75, 3.05) is 27.4 Å². The van der Waals surface area contributed by atoms with Gasteiger partial charge in [-0.15, -0.1) is 0 Å². The van der Waals surface area contributed by atoms with E-state index in [1.54, 1.807) is 32.0 Å². The van der Waals surface area contributed by atoms with Gasteiger partial charge in [-0.25, -0.2) is 4.79 Å². The molecule has 2 aromatic rings. The number of unbranched alkanes of at least 4 members (excludes halogenated alkanes) is 1. The number of benzene rings is 1. The Balaban J connectivity index is 2.68. The third-order valence-electron chi connectivity index (χ3n) is 4.59. The lowest BCUT2D eigenvalue weighted by molar-refractivity contribution is -0.117. The molecule has 0 spiro atoms. The van der Waals surface area contributed by atoms with Gasteiger partial charge in [0.05, 0.1) is 26.4 Å². The number of H-pyrrole nitrogens is 1. The zero-order chi connectivity index (χ0) is 22.3. The van der Waals surface area contributed by atoms with Crippen molar-refractivity contribution in [1.82, 2.24) is 10.3 Å². The van der Waals surface area contributed by atoms with E-state index in [9.17, 15) is 14.4 Å². The molecule has 8 heteroatoms. The van der Waals surface area contributed by atoms with E-state index in [1.165, 1.54) is 14.2 Å². The number of aromatic amines is 1. The molecule has 30 heavy (non-hydrogen) atoms. The number of hydrogen-bond donors (Lipinski definition) is 2. The summed E-state index contributed by atoms with van der Waals surface area (Å²) in [4.78, 5) is 41.0. The number of hydrogen-bond acceptors (Lipinski definition) is 6. The molecule has 8 nitrogen and oxygen atoms in total. The van der Waals surface area contributed by atoms with Gasteiger partial charge in [-0.05, 0) is 38.5 Å². The van der Waals surface area contributed by atoms with Crippen molar-refractivity contribution in [2.24, 2.45) is 0 Å². The molecule has 0 saturated carbocycles. The maximum Gasteiger partial charge on any atom is 0.340 e. The van der Waals surface area contributed by atoms with Crippen molar-refractivity contribution >= 4 is 17.7 Å². The summed E-state index contributed by atoms with van der Waals surface area (Å²) in [5.41, 5.74) is 1.27. The number of Topliss-reactive ketones (excluding diaryl/α,β-unsaturated/α-hetero) is 1. The molecule has 1 aromatic heterocycles. The van der Waals surface area contributed by atoms with Crippen LogP contribution in [0.4, 0.5) is 0 Å².